The standard InChI is InChI=1S/C10H11NO3/c12-9(13)7-10(4-6-14-10)8-3-1-2-5-11-8/h1-3,5H,4,6-7H2,(H,12,13). The van der Waals surface area contributed by atoms with Crippen LogP contribution in [0.25, 0.3) is 0 Å². The smallest absolute Gasteiger partial charge is 0.306 e. The van der Waals surface area contributed by atoms with Crippen LogP contribution in [0.2, 0.25) is 0 Å². The molecule has 1 unspecified atom stereocenters. The Labute approximate surface area is 81.5 Å². The fourth-order valence-electron chi connectivity index (χ4n) is 1.66. The number of carboxylic acids is 1. The fraction of sp³-hybridized carbons (Fsp3) is 0.400. The van der Waals surface area contributed by atoms with Crippen LogP contribution in [0.4, 0.5) is 0 Å². The molecule has 0 spiro atoms. The second-order valence-electron chi connectivity index (χ2n) is 3.38. The van der Waals surface area contributed by atoms with Crippen LogP contribution in [-0.2, 0) is 15.1 Å². The van der Waals surface area contributed by atoms with Gasteiger partial charge < -0.3 is 9.84 Å². The second kappa shape index (κ2) is 3.38. The molecule has 4 heteroatoms. The van der Waals surface area contributed by atoms with Crippen LogP contribution in [0.5, 0.6) is 0 Å². The molecule has 1 aromatic rings. The molecule has 0 aromatic carbocycles. The van der Waals surface area contributed by atoms with Crippen molar-refractivity contribution in [2.24, 2.45) is 0 Å². The SMILES string of the molecule is O=C(O)CC1(c2ccccn2)CCO1. The Balaban J connectivity index is 2.25. The number of aliphatic carboxylic acids is 1. The van der Waals surface area contributed by atoms with Gasteiger partial charge in [-0.05, 0) is 12.1 Å². The van der Waals surface area contributed by atoms with E-state index in [4.69, 9.17) is 9.84 Å². The first kappa shape index (κ1) is 9.15. The lowest BCUT2D eigenvalue weighted by Crippen LogP contribution is -2.43. The largest absolute Gasteiger partial charge is 0.481 e. The maximum atomic E-state index is 10.7. The van der Waals surface area contributed by atoms with Gasteiger partial charge in [0, 0.05) is 12.6 Å². The molecular formula is C10H11NO3. The maximum Gasteiger partial charge on any atom is 0.306 e. The van der Waals surface area contributed by atoms with Crippen molar-refractivity contribution in [1.82, 2.24) is 4.98 Å². The highest BCUT2D eigenvalue weighted by molar-refractivity contribution is 5.68. The molecule has 0 bridgehead atoms. The van der Waals surface area contributed by atoms with E-state index in [2.05, 4.69) is 4.98 Å². The molecule has 0 amide bonds. The summed E-state index contributed by atoms with van der Waals surface area (Å²) in [6.45, 7) is 0.615. The average Bonchev–Trinajstić information content (AvgIpc) is 2.12. The fourth-order valence-corrected chi connectivity index (χ4v) is 1.66. The first-order valence-electron chi connectivity index (χ1n) is 4.50. The zero-order chi connectivity index (χ0) is 10.0. The number of rotatable bonds is 3. The van der Waals surface area contributed by atoms with Gasteiger partial charge in [-0.2, -0.15) is 0 Å². The molecule has 1 atom stereocenters. The van der Waals surface area contributed by atoms with E-state index in [-0.39, 0.29) is 6.42 Å². The quantitative estimate of drug-likeness (QED) is 0.782. The Morgan fingerprint density at radius 1 is 1.64 bits per heavy atom. The average molecular weight is 193 g/mol. The number of hydrogen-bond acceptors (Lipinski definition) is 3. The van der Waals surface area contributed by atoms with Gasteiger partial charge in [0.25, 0.3) is 0 Å². The molecule has 1 saturated heterocycles. The van der Waals surface area contributed by atoms with Gasteiger partial charge in [-0.1, -0.05) is 6.07 Å². The van der Waals surface area contributed by atoms with Crippen molar-refractivity contribution in [2.75, 3.05) is 6.61 Å². The Morgan fingerprint density at radius 2 is 2.43 bits per heavy atom. The Kier molecular flexibility index (Phi) is 2.21. The molecule has 4 nitrogen and oxygen atoms in total. The molecule has 0 radical (unpaired) electrons. The van der Waals surface area contributed by atoms with Crippen molar-refractivity contribution >= 4 is 5.97 Å². The minimum atomic E-state index is -0.852. The monoisotopic (exact) mass is 193 g/mol. The van der Waals surface area contributed by atoms with Crippen molar-refractivity contribution in [1.29, 1.82) is 0 Å². The normalized spacial score (nSPS) is 25.4. The van der Waals surface area contributed by atoms with E-state index in [1.54, 1.807) is 12.3 Å². The van der Waals surface area contributed by atoms with Gasteiger partial charge in [0.15, 0.2) is 0 Å². The zero-order valence-electron chi connectivity index (χ0n) is 7.64. The van der Waals surface area contributed by atoms with Gasteiger partial charge in [0.2, 0.25) is 0 Å². The van der Waals surface area contributed by atoms with E-state index in [0.717, 1.165) is 6.42 Å². The summed E-state index contributed by atoms with van der Waals surface area (Å²) in [7, 11) is 0. The summed E-state index contributed by atoms with van der Waals surface area (Å²) in [5, 5.41) is 8.77. The summed E-state index contributed by atoms with van der Waals surface area (Å²) < 4.78 is 5.37. The highest BCUT2D eigenvalue weighted by atomic mass is 16.5. The first-order chi connectivity index (χ1) is 6.73. The molecule has 14 heavy (non-hydrogen) atoms. The number of pyridine rings is 1. The van der Waals surface area contributed by atoms with Crippen LogP contribution in [0.15, 0.2) is 24.4 Å². The number of carbonyl (C=O) groups is 1. The van der Waals surface area contributed by atoms with Crippen molar-refractivity contribution in [3.8, 4) is 0 Å². The van der Waals surface area contributed by atoms with Crippen LogP contribution in [0.3, 0.4) is 0 Å². The maximum absolute atomic E-state index is 10.7. The van der Waals surface area contributed by atoms with Crippen LogP contribution in [-0.4, -0.2) is 22.7 Å². The Morgan fingerprint density at radius 3 is 2.86 bits per heavy atom. The van der Waals surface area contributed by atoms with Crippen molar-refractivity contribution < 1.29 is 14.6 Å². The third kappa shape index (κ3) is 1.48. The molecule has 1 N–H and O–H groups in total. The molecule has 2 heterocycles. The van der Waals surface area contributed by atoms with Crippen molar-refractivity contribution in [3.05, 3.63) is 30.1 Å². The highest BCUT2D eigenvalue weighted by Gasteiger charge is 2.43. The summed E-state index contributed by atoms with van der Waals surface area (Å²) in [6, 6.07) is 5.45. The van der Waals surface area contributed by atoms with Crippen molar-refractivity contribution in [3.63, 3.8) is 0 Å². The molecule has 1 aliphatic heterocycles. The van der Waals surface area contributed by atoms with E-state index in [1.807, 2.05) is 12.1 Å². The zero-order valence-corrected chi connectivity index (χ0v) is 7.64. The molecule has 1 fully saturated rings. The topological polar surface area (TPSA) is 59.4 Å². The number of hydrogen-bond donors (Lipinski definition) is 1. The van der Waals surface area contributed by atoms with E-state index in [9.17, 15) is 4.79 Å². The van der Waals surface area contributed by atoms with Crippen LogP contribution in [0.1, 0.15) is 18.5 Å². The summed E-state index contributed by atoms with van der Waals surface area (Å²) >= 11 is 0. The lowest BCUT2D eigenvalue weighted by atomic mass is 9.87. The second-order valence-corrected chi connectivity index (χ2v) is 3.38. The van der Waals surface area contributed by atoms with Gasteiger partial charge in [0.05, 0.1) is 18.7 Å². The van der Waals surface area contributed by atoms with Crippen molar-refractivity contribution in [2.45, 2.75) is 18.4 Å². The molecule has 1 aliphatic rings. The van der Waals surface area contributed by atoms with Crippen LogP contribution >= 0.6 is 0 Å². The van der Waals surface area contributed by atoms with Gasteiger partial charge in [-0.15, -0.1) is 0 Å². The van der Waals surface area contributed by atoms with Gasteiger partial charge in [0.1, 0.15) is 5.60 Å². The number of carboxylic acid groups (broad SMARTS) is 1. The minimum Gasteiger partial charge on any atom is -0.481 e. The molecule has 74 valence electrons. The number of nitrogens with zero attached hydrogens (tertiary/aromatic N) is 1. The predicted molar refractivity (Wildman–Crippen MR) is 48.7 cm³/mol. The van der Waals surface area contributed by atoms with Crippen LogP contribution in [0, 0.1) is 0 Å². The summed E-state index contributed by atoms with van der Waals surface area (Å²) in [4.78, 5) is 14.8. The Hall–Kier alpha value is -1.42. The number of aromatic nitrogens is 1. The summed E-state index contributed by atoms with van der Waals surface area (Å²) in [6.07, 6.45) is 2.38. The van der Waals surface area contributed by atoms with Gasteiger partial charge >= 0.3 is 5.97 Å². The molecule has 2 rings (SSSR count). The van der Waals surface area contributed by atoms with Crippen LogP contribution < -0.4 is 0 Å². The molecule has 0 saturated carbocycles. The van der Waals surface area contributed by atoms with E-state index in [1.165, 1.54) is 0 Å². The molecule has 1 aromatic heterocycles. The summed E-state index contributed by atoms with van der Waals surface area (Å²) in [5.74, 6) is -0.852. The lowest BCUT2D eigenvalue weighted by Gasteiger charge is -2.40. The predicted octanol–water partition coefficient (Wildman–Crippen LogP) is 1.17. The molecular weight excluding hydrogens is 182 g/mol. The van der Waals surface area contributed by atoms with E-state index < -0.39 is 11.6 Å². The van der Waals surface area contributed by atoms with E-state index in [0.29, 0.717) is 12.3 Å². The number of ether oxygens (including phenoxy) is 1. The summed E-state index contributed by atoms with van der Waals surface area (Å²) in [5.41, 5.74) is 0.0428. The molecule has 0 aliphatic carbocycles. The Bertz CT molecular complexity index is 332. The van der Waals surface area contributed by atoms with Gasteiger partial charge in [-0.3, -0.25) is 9.78 Å². The van der Waals surface area contributed by atoms with Gasteiger partial charge in [-0.25, -0.2) is 0 Å². The lowest BCUT2D eigenvalue weighted by molar-refractivity contribution is -0.177. The highest BCUT2D eigenvalue weighted by Crippen LogP contribution is 2.39. The minimum absolute atomic E-state index is 0.00991. The first-order valence-corrected chi connectivity index (χ1v) is 4.50. The van der Waals surface area contributed by atoms with E-state index >= 15 is 0 Å². The third-order valence-electron chi connectivity index (χ3n) is 2.45. The third-order valence-corrected chi connectivity index (χ3v) is 2.45.